The molecule has 128 valence electrons. The molecule has 3 rings (SSSR count). The number of pyridine rings is 1. The number of rotatable bonds is 6. The smallest absolute Gasteiger partial charge is 0.251 e. The first-order valence-electron chi connectivity index (χ1n) is 7.71. The lowest BCUT2D eigenvalue weighted by molar-refractivity contribution is -0.645. The summed E-state index contributed by atoms with van der Waals surface area (Å²) in [5.74, 6) is 0.519. The predicted molar refractivity (Wildman–Crippen MR) is 101 cm³/mol. The second kappa shape index (κ2) is 8.13. The molecule has 2 heterocycles. The topological polar surface area (TPSA) is 68.9 Å². The van der Waals surface area contributed by atoms with E-state index in [1.807, 2.05) is 42.6 Å². The summed E-state index contributed by atoms with van der Waals surface area (Å²) in [5.41, 5.74) is 2.72. The van der Waals surface area contributed by atoms with Crippen LogP contribution in [0.4, 0.5) is 5.69 Å². The molecule has 1 amide bonds. The second-order valence-electron chi connectivity index (χ2n) is 5.43. The van der Waals surface area contributed by atoms with Gasteiger partial charge in [-0.1, -0.05) is 18.2 Å². The number of carbonyl (C=O) groups excluding carboxylic acids is 1. The lowest BCUT2D eigenvalue weighted by Crippen LogP contribution is -2.27. The number of hydrogen-bond donors (Lipinski definition) is 1. The van der Waals surface area contributed by atoms with E-state index in [-0.39, 0.29) is 12.3 Å². The van der Waals surface area contributed by atoms with Crippen molar-refractivity contribution in [1.82, 2.24) is 4.98 Å². The van der Waals surface area contributed by atoms with Gasteiger partial charge in [-0.2, -0.15) is 4.73 Å². The summed E-state index contributed by atoms with van der Waals surface area (Å²) in [6.07, 6.45) is 1.72. The molecule has 0 fully saturated rings. The molecule has 1 N–H and O–H groups in total. The number of para-hydroxylation sites is 1. The van der Waals surface area contributed by atoms with E-state index in [2.05, 4.69) is 10.3 Å². The van der Waals surface area contributed by atoms with Crippen molar-refractivity contribution in [2.24, 2.45) is 0 Å². The maximum Gasteiger partial charge on any atom is 0.251 e. The number of amides is 1. The highest BCUT2D eigenvalue weighted by Gasteiger charge is 2.11. The van der Waals surface area contributed by atoms with Gasteiger partial charge in [-0.05, 0) is 36.4 Å². The number of nitrogens with one attached hydrogen (secondary N) is 1. The van der Waals surface area contributed by atoms with Crippen LogP contribution >= 0.6 is 23.1 Å². The summed E-state index contributed by atoms with van der Waals surface area (Å²) in [5, 5.41) is 17.9. The highest BCUT2D eigenvalue weighted by atomic mass is 32.2. The third kappa shape index (κ3) is 4.80. The van der Waals surface area contributed by atoms with E-state index in [0.29, 0.717) is 10.8 Å². The lowest BCUT2D eigenvalue weighted by Gasteiger charge is -2.06. The van der Waals surface area contributed by atoms with Gasteiger partial charge in [0.15, 0.2) is 6.20 Å². The standard InChI is InChI=1S/C18H17N3O2S2/c1-13-6-2-3-7-15(13)20-16(22)10-17-19-14(11-24-17)12-25-18-8-4-5-9-21(18)23/h2-9,11H,10,12H2,1H3,(H,20,22). The number of hydrogen-bond acceptors (Lipinski definition) is 5. The van der Waals surface area contributed by atoms with Crippen LogP contribution in [0.2, 0.25) is 0 Å². The van der Waals surface area contributed by atoms with Crippen LogP contribution in [0.1, 0.15) is 16.3 Å². The van der Waals surface area contributed by atoms with Crippen molar-refractivity contribution in [2.45, 2.75) is 24.1 Å². The number of thioether (sulfide) groups is 1. The highest BCUT2D eigenvalue weighted by molar-refractivity contribution is 7.98. The van der Waals surface area contributed by atoms with E-state index in [4.69, 9.17) is 0 Å². The molecule has 0 spiro atoms. The Labute approximate surface area is 154 Å². The molecule has 25 heavy (non-hydrogen) atoms. The van der Waals surface area contributed by atoms with Crippen molar-refractivity contribution in [2.75, 3.05) is 5.32 Å². The van der Waals surface area contributed by atoms with Gasteiger partial charge in [-0.25, -0.2) is 4.98 Å². The molecule has 0 aliphatic heterocycles. The van der Waals surface area contributed by atoms with Gasteiger partial charge in [0.1, 0.15) is 5.01 Å². The fourth-order valence-electron chi connectivity index (χ4n) is 2.21. The summed E-state index contributed by atoms with van der Waals surface area (Å²) < 4.78 is 0.841. The van der Waals surface area contributed by atoms with Gasteiger partial charge in [0.25, 0.3) is 5.03 Å². The molecular formula is C18H17N3O2S2. The quantitative estimate of drug-likeness (QED) is 0.409. The first-order valence-corrected chi connectivity index (χ1v) is 9.58. The summed E-state index contributed by atoms with van der Waals surface area (Å²) in [6, 6.07) is 13.0. The van der Waals surface area contributed by atoms with Crippen LogP contribution in [0, 0.1) is 12.1 Å². The van der Waals surface area contributed by atoms with Gasteiger partial charge in [-0.3, -0.25) is 4.79 Å². The second-order valence-corrected chi connectivity index (χ2v) is 7.36. The minimum absolute atomic E-state index is 0.0803. The molecule has 2 aromatic heterocycles. The Bertz CT molecular complexity index is 880. The first-order chi connectivity index (χ1) is 12.1. The number of aromatic nitrogens is 2. The van der Waals surface area contributed by atoms with Crippen molar-refractivity contribution in [3.05, 3.63) is 75.5 Å². The van der Waals surface area contributed by atoms with Crippen molar-refractivity contribution >= 4 is 34.7 Å². The maximum atomic E-state index is 12.2. The number of anilines is 1. The summed E-state index contributed by atoms with van der Waals surface area (Å²) in [6.45, 7) is 1.96. The Kier molecular flexibility index (Phi) is 5.67. The Morgan fingerprint density at radius 2 is 2.08 bits per heavy atom. The van der Waals surface area contributed by atoms with Gasteiger partial charge < -0.3 is 10.5 Å². The zero-order chi connectivity index (χ0) is 17.6. The normalized spacial score (nSPS) is 10.6. The van der Waals surface area contributed by atoms with Crippen LogP contribution in [0.25, 0.3) is 0 Å². The molecule has 0 saturated heterocycles. The van der Waals surface area contributed by atoms with Crippen molar-refractivity contribution < 1.29 is 9.52 Å². The molecule has 0 aliphatic carbocycles. The maximum absolute atomic E-state index is 12.2. The summed E-state index contributed by atoms with van der Waals surface area (Å²) in [4.78, 5) is 16.7. The fourth-order valence-corrected chi connectivity index (χ4v) is 3.92. The fraction of sp³-hybridized carbons (Fsp3) is 0.167. The average molecular weight is 371 g/mol. The molecule has 0 atom stereocenters. The molecule has 1 aromatic carbocycles. The van der Waals surface area contributed by atoms with Crippen LogP contribution in [0.15, 0.2) is 59.1 Å². The largest absolute Gasteiger partial charge is 0.618 e. The first kappa shape index (κ1) is 17.4. The Balaban J connectivity index is 1.55. The third-order valence-corrected chi connectivity index (χ3v) is 5.44. The van der Waals surface area contributed by atoms with Gasteiger partial charge in [0, 0.05) is 29.0 Å². The van der Waals surface area contributed by atoms with Gasteiger partial charge >= 0.3 is 0 Å². The van der Waals surface area contributed by atoms with Crippen LogP contribution in [-0.4, -0.2) is 10.9 Å². The molecule has 0 saturated carbocycles. The molecule has 5 nitrogen and oxygen atoms in total. The Morgan fingerprint density at radius 1 is 1.28 bits per heavy atom. The number of carbonyl (C=O) groups is 1. The number of nitrogens with zero attached hydrogens (tertiary/aromatic N) is 2. The third-order valence-electron chi connectivity index (χ3n) is 3.49. The van der Waals surface area contributed by atoms with Gasteiger partial charge in [-0.15, -0.1) is 11.3 Å². The number of benzene rings is 1. The SMILES string of the molecule is Cc1ccccc1NC(=O)Cc1nc(CSc2cccc[n+]2[O-])cs1. The predicted octanol–water partition coefficient (Wildman–Crippen LogP) is 3.56. The zero-order valence-corrected chi connectivity index (χ0v) is 15.3. The molecule has 3 aromatic rings. The van der Waals surface area contributed by atoms with E-state index >= 15 is 0 Å². The highest BCUT2D eigenvalue weighted by Crippen LogP contribution is 2.21. The van der Waals surface area contributed by atoms with Crippen molar-refractivity contribution in [1.29, 1.82) is 0 Å². The van der Waals surface area contributed by atoms with Crippen molar-refractivity contribution in [3.63, 3.8) is 0 Å². The van der Waals surface area contributed by atoms with E-state index in [1.54, 1.807) is 12.1 Å². The molecule has 0 radical (unpaired) electrons. The molecule has 0 unspecified atom stereocenters. The summed E-state index contributed by atoms with van der Waals surface area (Å²) >= 11 is 2.89. The van der Waals surface area contributed by atoms with Gasteiger partial charge in [0.2, 0.25) is 5.91 Å². The lowest BCUT2D eigenvalue weighted by atomic mass is 10.2. The van der Waals surface area contributed by atoms with E-state index in [9.17, 15) is 10.0 Å². The number of thiazole rings is 1. The van der Waals surface area contributed by atoms with Crippen LogP contribution in [0.3, 0.4) is 0 Å². The van der Waals surface area contributed by atoms with Gasteiger partial charge in [0.05, 0.1) is 12.1 Å². The molecule has 7 heteroatoms. The van der Waals surface area contributed by atoms with E-state index in [1.165, 1.54) is 29.3 Å². The Morgan fingerprint density at radius 3 is 2.88 bits per heavy atom. The van der Waals surface area contributed by atoms with Crippen LogP contribution < -0.4 is 10.0 Å². The molecule has 0 aliphatic rings. The average Bonchev–Trinajstić information content (AvgIpc) is 3.03. The van der Waals surface area contributed by atoms with E-state index in [0.717, 1.165) is 26.7 Å². The minimum Gasteiger partial charge on any atom is -0.618 e. The monoisotopic (exact) mass is 371 g/mol. The summed E-state index contributed by atoms with van der Waals surface area (Å²) in [7, 11) is 0. The van der Waals surface area contributed by atoms with E-state index < -0.39 is 0 Å². The Hall–Kier alpha value is -2.38. The zero-order valence-electron chi connectivity index (χ0n) is 13.6. The van der Waals surface area contributed by atoms with Crippen molar-refractivity contribution in [3.8, 4) is 0 Å². The minimum atomic E-state index is -0.0803. The van der Waals surface area contributed by atoms with Crippen LogP contribution in [-0.2, 0) is 17.0 Å². The number of aryl methyl sites for hydroxylation is 1. The van der Waals surface area contributed by atoms with Crippen LogP contribution in [0.5, 0.6) is 0 Å². The molecular weight excluding hydrogens is 354 g/mol. The molecule has 0 bridgehead atoms.